The molecule has 3 aromatic rings. The molecule has 0 radical (unpaired) electrons. The molecule has 0 fully saturated rings. The summed E-state index contributed by atoms with van der Waals surface area (Å²) in [6, 6.07) is 27.4. The van der Waals surface area contributed by atoms with Crippen LogP contribution in [0.3, 0.4) is 0 Å². The van der Waals surface area contributed by atoms with Gasteiger partial charge in [0.15, 0.2) is 0 Å². The fourth-order valence-electron chi connectivity index (χ4n) is 3.03. The van der Waals surface area contributed by atoms with Crippen LogP contribution in [0.5, 0.6) is 0 Å². The number of hydrogen-bond donors (Lipinski definition) is 1. The molecule has 4 rings (SSSR count). The van der Waals surface area contributed by atoms with E-state index in [-0.39, 0.29) is 5.91 Å². The van der Waals surface area contributed by atoms with Gasteiger partial charge in [0.25, 0.3) is 0 Å². The number of carbonyl (C=O) groups excluding carboxylic acids is 1. The molecule has 1 atom stereocenters. The van der Waals surface area contributed by atoms with Gasteiger partial charge in [0.1, 0.15) is 5.92 Å². The number of benzene rings is 3. The first-order valence-corrected chi connectivity index (χ1v) is 7.92. The van der Waals surface area contributed by atoms with Crippen molar-refractivity contribution >= 4 is 23.0 Å². The van der Waals surface area contributed by atoms with Crippen LogP contribution >= 0.6 is 0 Å². The first kappa shape index (κ1) is 14.4. The Hall–Kier alpha value is -3.20. The van der Waals surface area contributed by atoms with E-state index in [9.17, 15) is 4.79 Å². The van der Waals surface area contributed by atoms with E-state index in [4.69, 9.17) is 4.99 Å². The Morgan fingerprint density at radius 2 is 1.42 bits per heavy atom. The van der Waals surface area contributed by atoms with Gasteiger partial charge in [-0.05, 0) is 29.3 Å². The van der Waals surface area contributed by atoms with Crippen molar-refractivity contribution in [2.24, 2.45) is 4.99 Å². The lowest BCUT2D eigenvalue weighted by Crippen LogP contribution is -2.21. The summed E-state index contributed by atoms with van der Waals surface area (Å²) in [5, 5.41) is 2.96. The lowest BCUT2D eigenvalue weighted by molar-refractivity contribution is -0.115. The van der Waals surface area contributed by atoms with E-state index in [0.29, 0.717) is 0 Å². The minimum absolute atomic E-state index is 0.0327. The van der Waals surface area contributed by atoms with Crippen LogP contribution in [-0.2, 0) is 4.79 Å². The molecule has 3 nitrogen and oxygen atoms in total. The predicted octanol–water partition coefficient (Wildman–Crippen LogP) is 4.54. The molecule has 0 bridgehead atoms. The Labute approximate surface area is 140 Å². The highest BCUT2D eigenvalue weighted by atomic mass is 16.2. The van der Waals surface area contributed by atoms with Gasteiger partial charge in [-0.3, -0.25) is 9.79 Å². The van der Waals surface area contributed by atoms with Crippen molar-refractivity contribution in [1.29, 1.82) is 0 Å². The van der Waals surface area contributed by atoms with E-state index in [1.807, 2.05) is 84.9 Å². The van der Waals surface area contributed by atoms with Crippen molar-refractivity contribution in [3.63, 3.8) is 0 Å². The third kappa shape index (κ3) is 2.61. The van der Waals surface area contributed by atoms with Crippen LogP contribution in [0.2, 0.25) is 0 Å². The number of nitrogens with zero attached hydrogens (tertiary/aromatic N) is 1. The molecule has 1 aliphatic rings. The Balaban J connectivity index is 1.88. The zero-order valence-corrected chi connectivity index (χ0v) is 13.0. The number of aliphatic imine (C=N–C) groups is 1. The van der Waals surface area contributed by atoms with E-state index in [1.54, 1.807) is 0 Å². The normalized spacial score (nSPS) is 16.6. The molecular formula is C21H16N2O. The van der Waals surface area contributed by atoms with Crippen LogP contribution in [0.15, 0.2) is 89.9 Å². The van der Waals surface area contributed by atoms with Gasteiger partial charge in [-0.25, -0.2) is 0 Å². The van der Waals surface area contributed by atoms with Crippen molar-refractivity contribution in [2.45, 2.75) is 5.92 Å². The number of amides is 1. The number of nitrogens with one attached hydrogen (secondary N) is 1. The Bertz CT molecular complexity index is 901. The topological polar surface area (TPSA) is 41.5 Å². The molecule has 3 heteroatoms. The monoisotopic (exact) mass is 312 g/mol. The fourth-order valence-corrected chi connectivity index (χ4v) is 3.03. The summed E-state index contributed by atoms with van der Waals surface area (Å²) in [5.41, 5.74) is 4.40. The van der Waals surface area contributed by atoms with Gasteiger partial charge in [-0.1, -0.05) is 66.7 Å². The summed E-state index contributed by atoms with van der Waals surface area (Å²) in [7, 11) is 0. The summed E-state index contributed by atoms with van der Waals surface area (Å²) >= 11 is 0. The Morgan fingerprint density at radius 1 is 0.792 bits per heavy atom. The van der Waals surface area contributed by atoms with Crippen LogP contribution in [-0.4, -0.2) is 11.6 Å². The summed E-state index contributed by atoms with van der Waals surface area (Å²) in [4.78, 5) is 17.5. The van der Waals surface area contributed by atoms with E-state index in [2.05, 4.69) is 5.32 Å². The van der Waals surface area contributed by atoms with Crippen molar-refractivity contribution in [3.8, 4) is 0 Å². The first-order valence-electron chi connectivity index (χ1n) is 7.92. The number of hydrogen-bond acceptors (Lipinski definition) is 2. The van der Waals surface area contributed by atoms with Crippen molar-refractivity contribution < 1.29 is 4.79 Å². The van der Waals surface area contributed by atoms with Crippen LogP contribution in [0.25, 0.3) is 0 Å². The second-order valence-corrected chi connectivity index (χ2v) is 5.71. The highest BCUT2D eigenvalue weighted by Gasteiger charge is 2.34. The maximum atomic E-state index is 12.6. The molecule has 116 valence electrons. The Kier molecular flexibility index (Phi) is 3.67. The lowest BCUT2D eigenvalue weighted by Gasteiger charge is -2.13. The highest BCUT2D eigenvalue weighted by Crippen LogP contribution is 2.35. The largest absolute Gasteiger partial charge is 0.325 e. The third-order valence-corrected chi connectivity index (χ3v) is 4.14. The molecule has 3 aromatic carbocycles. The van der Waals surface area contributed by atoms with Gasteiger partial charge in [0, 0.05) is 5.69 Å². The van der Waals surface area contributed by atoms with Crippen LogP contribution < -0.4 is 5.32 Å². The average molecular weight is 312 g/mol. The molecule has 1 heterocycles. The molecule has 24 heavy (non-hydrogen) atoms. The van der Waals surface area contributed by atoms with E-state index in [1.165, 1.54) is 0 Å². The summed E-state index contributed by atoms with van der Waals surface area (Å²) in [6.45, 7) is 0. The van der Waals surface area contributed by atoms with E-state index >= 15 is 0 Å². The first-order chi connectivity index (χ1) is 11.8. The molecule has 1 aliphatic heterocycles. The number of carbonyl (C=O) groups is 1. The maximum Gasteiger partial charge on any atom is 0.238 e. The van der Waals surface area contributed by atoms with Crippen LogP contribution in [0.1, 0.15) is 17.0 Å². The summed E-state index contributed by atoms with van der Waals surface area (Å²) in [5.74, 6) is -0.432. The summed E-state index contributed by atoms with van der Waals surface area (Å²) in [6.07, 6.45) is 0. The molecule has 1 unspecified atom stereocenters. The molecule has 0 saturated carbocycles. The van der Waals surface area contributed by atoms with Gasteiger partial charge in [-0.2, -0.15) is 0 Å². The maximum absolute atomic E-state index is 12.6. The molecule has 0 spiro atoms. The second kappa shape index (κ2) is 6.13. The molecule has 1 N–H and O–H groups in total. The lowest BCUT2D eigenvalue weighted by atomic mass is 9.90. The van der Waals surface area contributed by atoms with Gasteiger partial charge in [0.05, 0.1) is 11.4 Å². The molecule has 0 aromatic heterocycles. The smallest absolute Gasteiger partial charge is 0.238 e. The number of anilines is 1. The van der Waals surface area contributed by atoms with Crippen molar-refractivity contribution in [2.75, 3.05) is 5.32 Å². The molecule has 0 saturated heterocycles. The van der Waals surface area contributed by atoms with E-state index in [0.717, 1.165) is 28.2 Å². The predicted molar refractivity (Wildman–Crippen MR) is 96.9 cm³/mol. The second-order valence-electron chi connectivity index (χ2n) is 5.71. The third-order valence-electron chi connectivity index (χ3n) is 4.14. The summed E-state index contributed by atoms with van der Waals surface area (Å²) < 4.78 is 0. The molecule has 1 amide bonds. The van der Waals surface area contributed by atoms with Gasteiger partial charge >= 0.3 is 0 Å². The number of fused-ring (bicyclic) bond motifs is 1. The van der Waals surface area contributed by atoms with Crippen LogP contribution in [0, 0.1) is 0 Å². The zero-order valence-electron chi connectivity index (χ0n) is 13.0. The highest BCUT2D eigenvalue weighted by molar-refractivity contribution is 6.24. The Morgan fingerprint density at radius 3 is 2.17 bits per heavy atom. The quantitative estimate of drug-likeness (QED) is 0.709. The standard InChI is InChI=1S/C21H16N2O/c24-21-19(17-13-7-8-14-18(17)23-21)20(15-9-3-1-4-10-15)22-16-11-5-2-6-12-16/h1-14,19H,(H,23,24). The fraction of sp³-hybridized carbons (Fsp3) is 0.0476. The molecule has 0 aliphatic carbocycles. The van der Waals surface area contributed by atoms with E-state index < -0.39 is 5.92 Å². The average Bonchev–Trinajstić information content (AvgIpc) is 2.97. The molecular weight excluding hydrogens is 296 g/mol. The SMILES string of the molecule is O=C1Nc2ccccc2C1C(=Nc1ccccc1)c1ccccc1. The van der Waals surface area contributed by atoms with Gasteiger partial charge < -0.3 is 5.32 Å². The minimum Gasteiger partial charge on any atom is -0.325 e. The van der Waals surface area contributed by atoms with Gasteiger partial charge in [0.2, 0.25) is 5.91 Å². The number of para-hydroxylation sites is 2. The number of rotatable bonds is 3. The van der Waals surface area contributed by atoms with Crippen molar-refractivity contribution in [1.82, 2.24) is 0 Å². The van der Waals surface area contributed by atoms with Crippen LogP contribution in [0.4, 0.5) is 11.4 Å². The van der Waals surface area contributed by atoms with Crippen molar-refractivity contribution in [3.05, 3.63) is 96.1 Å². The zero-order chi connectivity index (χ0) is 16.4. The minimum atomic E-state index is -0.399. The van der Waals surface area contributed by atoms with Gasteiger partial charge in [-0.15, -0.1) is 0 Å².